The zero-order valence-corrected chi connectivity index (χ0v) is 11.7. The topological polar surface area (TPSA) is 55.6 Å². The van der Waals surface area contributed by atoms with Crippen molar-refractivity contribution in [2.75, 3.05) is 14.2 Å². The summed E-state index contributed by atoms with van der Waals surface area (Å²) in [6.45, 7) is 6.65. The number of nitrogens with two attached hydrogens (primary N) is 1. The number of methoxy groups -OCH3 is 1. The van der Waals surface area contributed by atoms with Crippen molar-refractivity contribution in [1.29, 1.82) is 0 Å². The summed E-state index contributed by atoms with van der Waals surface area (Å²) in [7, 11) is 3.53. The normalized spacial score (nSPS) is 30.9. The summed E-state index contributed by atoms with van der Waals surface area (Å²) < 4.78 is 4.79. The van der Waals surface area contributed by atoms with Gasteiger partial charge in [0.1, 0.15) is 5.54 Å². The average molecular weight is 242 g/mol. The fraction of sp³-hybridized carbons (Fsp3) is 0.923. The van der Waals surface area contributed by atoms with Gasteiger partial charge in [-0.15, -0.1) is 0 Å². The van der Waals surface area contributed by atoms with Crippen molar-refractivity contribution in [3.8, 4) is 0 Å². The van der Waals surface area contributed by atoms with E-state index in [1.165, 1.54) is 7.11 Å². The zero-order chi connectivity index (χ0) is 13.2. The number of rotatable bonds is 4. The number of ether oxygens (including phenoxy) is 1. The largest absolute Gasteiger partial charge is 0.468 e. The van der Waals surface area contributed by atoms with Crippen LogP contribution in [0.25, 0.3) is 0 Å². The Bertz CT molecular complexity index is 281. The number of hydrogen-bond acceptors (Lipinski definition) is 4. The molecule has 0 bridgehead atoms. The van der Waals surface area contributed by atoms with Crippen molar-refractivity contribution in [1.82, 2.24) is 4.90 Å². The molecule has 100 valence electrons. The molecular weight excluding hydrogens is 216 g/mol. The highest BCUT2D eigenvalue weighted by atomic mass is 16.5. The predicted molar refractivity (Wildman–Crippen MR) is 68.6 cm³/mol. The van der Waals surface area contributed by atoms with Crippen LogP contribution in [0.1, 0.15) is 40.0 Å². The van der Waals surface area contributed by atoms with Gasteiger partial charge in [-0.1, -0.05) is 13.8 Å². The Hall–Kier alpha value is -0.610. The summed E-state index contributed by atoms with van der Waals surface area (Å²) in [5, 5.41) is 0. The van der Waals surface area contributed by atoms with Gasteiger partial charge in [0.15, 0.2) is 0 Å². The highest BCUT2D eigenvalue weighted by Crippen LogP contribution is 2.33. The third-order valence-corrected chi connectivity index (χ3v) is 4.30. The van der Waals surface area contributed by atoms with E-state index in [1.54, 1.807) is 0 Å². The lowest BCUT2D eigenvalue weighted by Crippen LogP contribution is -2.49. The summed E-state index contributed by atoms with van der Waals surface area (Å²) in [5.74, 6) is 0.330. The monoisotopic (exact) mass is 242 g/mol. The van der Waals surface area contributed by atoms with E-state index in [1.807, 2.05) is 0 Å². The molecule has 0 aromatic carbocycles. The molecule has 4 heteroatoms. The van der Waals surface area contributed by atoms with Crippen LogP contribution in [0, 0.1) is 5.92 Å². The Kier molecular flexibility index (Phi) is 4.55. The lowest BCUT2D eigenvalue weighted by Gasteiger charge is -2.33. The molecule has 0 aliphatic heterocycles. The van der Waals surface area contributed by atoms with E-state index in [-0.39, 0.29) is 5.97 Å². The predicted octanol–water partition coefficient (Wildman–Crippen LogP) is 1.39. The molecular formula is C13H26N2O2. The maximum absolute atomic E-state index is 11.6. The van der Waals surface area contributed by atoms with E-state index >= 15 is 0 Å². The van der Waals surface area contributed by atoms with Crippen LogP contribution in [0.5, 0.6) is 0 Å². The van der Waals surface area contributed by atoms with Gasteiger partial charge in [0.2, 0.25) is 0 Å². The molecule has 1 saturated carbocycles. The molecule has 0 radical (unpaired) electrons. The minimum Gasteiger partial charge on any atom is -0.468 e. The second-order valence-electron chi connectivity index (χ2n) is 5.69. The number of nitrogens with zero attached hydrogens (tertiary/aromatic N) is 1. The Morgan fingerprint density at radius 2 is 2.06 bits per heavy atom. The molecule has 1 aliphatic carbocycles. The van der Waals surface area contributed by atoms with Crippen LogP contribution in [0.3, 0.4) is 0 Å². The minimum atomic E-state index is -0.773. The fourth-order valence-electron chi connectivity index (χ4n) is 2.59. The Labute approximate surface area is 104 Å². The van der Waals surface area contributed by atoms with Crippen LogP contribution in [0.15, 0.2) is 0 Å². The Morgan fingerprint density at radius 1 is 1.47 bits per heavy atom. The second-order valence-corrected chi connectivity index (χ2v) is 5.69. The average Bonchev–Trinajstić information content (AvgIpc) is 2.70. The van der Waals surface area contributed by atoms with E-state index in [2.05, 4.69) is 32.7 Å². The Morgan fingerprint density at radius 3 is 2.53 bits per heavy atom. The van der Waals surface area contributed by atoms with Crippen LogP contribution in [-0.2, 0) is 9.53 Å². The van der Waals surface area contributed by atoms with Crippen molar-refractivity contribution in [3.05, 3.63) is 0 Å². The van der Waals surface area contributed by atoms with Crippen molar-refractivity contribution in [3.63, 3.8) is 0 Å². The molecule has 1 rings (SSSR count). The van der Waals surface area contributed by atoms with Gasteiger partial charge in [-0.3, -0.25) is 4.79 Å². The van der Waals surface area contributed by atoms with E-state index in [4.69, 9.17) is 10.5 Å². The fourth-order valence-corrected chi connectivity index (χ4v) is 2.59. The molecule has 0 aromatic heterocycles. The molecule has 0 amide bonds. The summed E-state index contributed by atoms with van der Waals surface area (Å²) in [6.07, 6.45) is 2.39. The van der Waals surface area contributed by atoms with Gasteiger partial charge >= 0.3 is 5.97 Å². The van der Waals surface area contributed by atoms with E-state index in [0.29, 0.717) is 24.4 Å². The van der Waals surface area contributed by atoms with E-state index in [9.17, 15) is 4.79 Å². The van der Waals surface area contributed by atoms with E-state index < -0.39 is 5.54 Å². The molecule has 0 saturated heterocycles. The Balaban J connectivity index is 2.64. The van der Waals surface area contributed by atoms with Crippen molar-refractivity contribution in [2.24, 2.45) is 11.7 Å². The second kappa shape index (κ2) is 5.36. The highest BCUT2D eigenvalue weighted by Gasteiger charge is 2.44. The van der Waals surface area contributed by atoms with Gasteiger partial charge in [0.25, 0.3) is 0 Å². The summed E-state index contributed by atoms with van der Waals surface area (Å²) in [6, 6.07) is 0.886. The lowest BCUT2D eigenvalue weighted by atomic mass is 9.98. The van der Waals surface area contributed by atoms with Crippen LogP contribution >= 0.6 is 0 Å². The minimum absolute atomic E-state index is 0.273. The molecule has 0 aromatic rings. The summed E-state index contributed by atoms with van der Waals surface area (Å²) in [5.41, 5.74) is 5.34. The molecule has 3 atom stereocenters. The van der Waals surface area contributed by atoms with Gasteiger partial charge in [0.05, 0.1) is 7.11 Å². The molecule has 0 spiro atoms. The standard InChI is InChI=1S/C13H26N2O2/c1-9(2)10(3)15(4)11-6-7-13(14,8-11)12(16)17-5/h9-11H,6-8,14H2,1-5H3. The van der Waals surface area contributed by atoms with Crippen LogP contribution in [0.2, 0.25) is 0 Å². The molecule has 1 fully saturated rings. The zero-order valence-electron chi connectivity index (χ0n) is 11.7. The van der Waals surface area contributed by atoms with Crippen molar-refractivity contribution < 1.29 is 9.53 Å². The smallest absolute Gasteiger partial charge is 0.325 e. The summed E-state index contributed by atoms with van der Waals surface area (Å²) in [4.78, 5) is 14.0. The van der Waals surface area contributed by atoms with Gasteiger partial charge in [0, 0.05) is 12.1 Å². The van der Waals surface area contributed by atoms with Crippen LogP contribution in [0.4, 0.5) is 0 Å². The van der Waals surface area contributed by atoms with Gasteiger partial charge in [-0.05, 0) is 39.2 Å². The first-order chi connectivity index (χ1) is 7.81. The SMILES string of the molecule is COC(=O)C1(N)CCC(N(C)C(C)C(C)C)C1. The number of hydrogen-bond donors (Lipinski definition) is 1. The molecule has 17 heavy (non-hydrogen) atoms. The first kappa shape index (κ1) is 14.5. The molecule has 1 aliphatic rings. The highest BCUT2D eigenvalue weighted by molar-refractivity contribution is 5.81. The summed E-state index contributed by atoms with van der Waals surface area (Å²) >= 11 is 0. The van der Waals surface area contributed by atoms with Gasteiger partial charge in [-0.25, -0.2) is 0 Å². The number of esters is 1. The van der Waals surface area contributed by atoms with Crippen molar-refractivity contribution >= 4 is 5.97 Å². The number of carbonyl (C=O) groups is 1. The number of carbonyl (C=O) groups excluding carboxylic acids is 1. The van der Waals surface area contributed by atoms with E-state index in [0.717, 1.165) is 12.8 Å². The molecule has 4 nitrogen and oxygen atoms in total. The van der Waals surface area contributed by atoms with Crippen molar-refractivity contribution in [2.45, 2.75) is 57.7 Å². The maximum atomic E-state index is 11.6. The molecule has 0 heterocycles. The first-order valence-electron chi connectivity index (χ1n) is 6.41. The molecule has 3 unspecified atom stereocenters. The van der Waals surface area contributed by atoms with Gasteiger partial charge < -0.3 is 15.4 Å². The van der Waals surface area contributed by atoms with Crippen LogP contribution in [-0.4, -0.2) is 42.6 Å². The van der Waals surface area contributed by atoms with Crippen LogP contribution < -0.4 is 5.73 Å². The lowest BCUT2D eigenvalue weighted by molar-refractivity contribution is -0.147. The molecule has 2 N–H and O–H groups in total. The van der Waals surface area contributed by atoms with Gasteiger partial charge in [-0.2, -0.15) is 0 Å². The first-order valence-corrected chi connectivity index (χ1v) is 6.41. The third kappa shape index (κ3) is 2.99. The quantitative estimate of drug-likeness (QED) is 0.757. The third-order valence-electron chi connectivity index (χ3n) is 4.30. The maximum Gasteiger partial charge on any atom is 0.325 e.